The molecule has 5 heteroatoms. The van der Waals surface area contributed by atoms with Gasteiger partial charge in [0.25, 0.3) is 0 Å². The van der Waals surface area contributed by atoms with Crippen LogP contribution in [-0.4, -0.2) is 26.0 Å². The van der Waals surface area contributed by atoms with Crippen molar-refractivity contribution < 1.29 is 23.8 Å². The van der Waals surface area contributed by atoms with Gasteiger partial charge in [-0.05, 0) is 30.4 Å². The second-order valence-electron chi connectivity index (χ2n) is 6.03. The molecule has 0 aliphatic rings. The van der Waals surface area contributed by atoms with E-state index >= 15 is 0 Å². The molecular weight excluding hydrogens is 368 g/mol. The molecule has 0 aliphatic carbocycles. The molecule has 0 amide bonds. The summed E-state index contributed by atoms with van der Waals surface area (Å²) in [5.41, 5.74) is 1.37. The third-order valence-corrected chi connectivity index (χ3v) is 4.23. The van der Waals surface area contributed by atoms with Gasteiger partial charge < -0.3 is 14.2 Å². The van der Waals surface area contributed by atoms with E-state index < -0.39 is 5.97 Å². The van der Waals surface area contributed by atoms with Gasteiger partial charge in [0.2, 0.25) is 0 Å². The number of ether oxygens (including phenoxy) is 3. The second kappa shape index (κ2) is 9.37. The van der Waals surface area contributed by atoms with Crippen LogP contribution in [-0.2, 0) is 0 Å². The lowest BCUT2D eigenvalue weighted by atomic mass is 10.1. The fraction of sp³-hybridized carbons (Fsp3) is 0.0833. The van der Waals surface area contributed by atoms with E-state index in [-0.39, 0.29) is 11.3 Å². The molecule has 0 spiro atoms. The maximum atomic E-state index is 12.8. The molecular formula is C24H20O5. The van der Waals surface area contributed by atoms with Crippen molar-refractivity contribution in [2.24, 2.45) is 0 Å². The molecule has 3 rings (SSSR count). The van der Waals surface area contributed by atoms with E-state index in [2.05, 4.69) is 0 Å². The maximum absolute atomic E-state index is 12.8. The minimum Gasteiger partial charge on any atom is -0.496 e. The van der Waals surface area contributed by atoms with Gasteiger partial charge in [-0.3, -0.25) is 4.79 Å². The van der Waals surface area contributed by atoms with Gasteiger partial charge in [0, 0.05) is 11.1 Å². The topological polar surface area (TPSA) is 61.8 Å². The highest BCUT2D eigenvalue weighted by molar-refractivity contribution is 6.07. The number of benzene rings is 3. The maximum Gasteiger partial charge on any atom is 0.351 e. The third kappa shape index (κ3) is 4.71. The van der Waals surface area contributed by atoms with Gasteiger partial charge in [-0.2, -0.15) is 0 Å². The van der Waals surface area contributed by atoms with E-state index in [4.69, 9.17) is 14.2 Å². The highest BCUT2D eigenvalue weighted by Crippen LogP contribution is 2.30. The number of para-hydroxylation sites is 1. The molecule has 0 saturated heterocycles. The monoisotopic (exact) mass is 388 g/mol. The Labute approximate surface area is 169 Å². The molecule has 3 aromatic rings. The van der Waals surface area contributed by atoms with Gasteiger partial charge >= 0.3 is 5.97 Å². The van der Waals surface area contributed by atoms with Gasteiger partial charge in [0.15, 0.2) is 5.78 Å². The van der Waals surface area contributed by atoms with E-state index in [1.165, 1.54) is 20.3 Å². The average molecular weight is 388 g/mol. The Hall–Kier alpha value is -3.86. The zero-order chi connectivity index (χ0) is 20.6. The van der Waals surface area contributed by atoms with E-state index in [1.807, 2.05) is 6.07 Å². The summed E-state index contributed by atoms with van der Waals surface area (Å²) in [5, 5.41) is 0. The van der Waals surface area contributed by atoms with E-state index in [0.717, 1.165) is 0 Å². The number of carbonyl (C=O) groups is 2. The Morgan fingerprint density at radius 2 is 1.31 bits per heavy atom. The Kier molecular flexibility index (Phi) is 6.43. The van der Waals surface area contributed by atoms with Gasteiger partial charge in [0.05, 0.1) is 14.2 Å². The minimum absolute atomic E-state index is 0.141. The van der Waals surface area contributed by atoms with Crippen LogP contribution in [0.25, 0.3) is 6.08 Å². The molecule has 0 heterocycles. The van der Waals surface area contributed by atoms with Crippen LogP contribution in [0.1, 0.15) is 26.3 Å². The molecule has 3 aromatic carbocycles. The fourth-order valence-corrected chi connectivity index (χ4v) is 2.78. The third-order valence-electron chi connectivity index (χ3n) is 4.23. The lowest BCUT2D eigenvalue weighted by Crippen LogP contribution is -2.12. The average Bonchev–Trinajstić information content (AvgIpc) is 2.78. The molecule has 29 heavy (non-hydrogen) atoms. The van der Waals surface area contributed by atoms with E-state index in [1.54, 1.807) is 72.8 Å². The predicted molar refractivity (Wildman–Crippen MR) is 111 cm³/mol. The molecule has 0 atom stereocenters. The molecule has 146 valence electrons. The van der Waals surface area contributed by atoms with Crippen LogP contribution in [0.3, 0.4) is 0 Å². The SMILES string of the molecule is COc1cccc(OC)c1C(=O)Oc1ccccc1C=CC(=O)c1ccccc1. The van der Waals surface area contributed by atoms with Gasteiger partial charge in [-0.15, -0.1) is 0 Å². The smallest absolute Gasteiger partial charge is 0.351 e. The Morgan fingerprint density at radius 1 is 0.724 bits per heavy atom. The summed E-state index contributed by atoms with van der Waals surface area (Å²) in [5.74, 6) is 0.262. The number of hydrogen-bond acceptors (Lipinski definition) is 5. The summed E-state index contributed by atoms with van der Waals surface area (Å²) < 4.78 is 16.1. The zero-order valence-corrected chi connectivity index (χ0v) is 16.1. The molecule has 0 radical (unpaired) electrons. The Balaban J connectivity index is 1.86. The van der Waals surface area contributed by atoms with Crippen molar-refractivity contribution >= 4 is 17.8 Å². The number of esters is 1. The predicted octanol–water partition coefficient (Wildman–Crippen LogP) is 4.82. The summed E-state index contributed by atoms with van der Waals surface area (Å²) in [6.45, 7) is 0. The van der Waals surface area contributed by atoms with Gasteiger partial charge in [0.1, 0.15) is 22.8 Å². The first-order valence-corrected chi connectivity index (χ1v) is 8.93. The lowest BCUT2D eigenvalue weighted by molar-refractivity contribution is 0.0727. The molecule has 0 unspecified atom stereocenters. The summed E-state index contributed by atoms with van der Waals surface area (Å²) in [6.07, 6.45) is 3.07. The summed E-state index contributed by atoms with van der Waals surface area (Å²) in [6, 6.07) is 20.9. The van der Waals surface area contributed by atoms with Crippen LogP contribution < -0.4 is 14.2 Å². The van der Waals surface area contributed by atoms with Crippen molar-refractivity contribution in [1.82, 2.24) is 0 Å². The number of methoxy groups -OCH3 is 2. The molecule has 0 N–H and O–H groups in total. The van der Waals surface area contributed by atoms with Crippen LogP contribution in [0.5, 0.6) is 17.2 Å². The van der Waals surface area contributed by atoms with Crippen LogP contribution in [0.2, 0.25) is 0 Å². The van der Waals surface area contributed by atoms with Gasteiger partial charge in [-0.1, -0.05) is 54.6 Å². The Morgan fingerprint density at radius 3 is 1.97 bits per heavy atom. The highest BCUT2D eigenvalue weighted by Gasteiger charge is 2.21. The van der Waals surface area contributed by atoms with Crippen molar-refractivity contribution in [3.05, 3.63) is 95.6 Å². The normalized spacial score (nSPS) is 10.6. The number of carbonyl (C=O) groups excluding carboxylic acids is 2. The number of rotatable bonds is 7. The van der Waals surface area contributed by atoms with Crippen LogP contribution in [0.15, 0.2) is 78.9 Å². The molecule has 0 aliphatic heterocycles. The molecule has 0 fully saturated rings. The standard InChI is InChI=1S/C24H20O5/c1-27-21-13-8-14-22(28-2)23(21)24(26)29-20-12-7-6-11-18(20)15-16-19(25)17-9-4-3-5-10-17/h3-16H,1-2H3. The van der Waals surface area contributed by atoms with Crippen LogP contribution in [0, 0.1) is 0 Å². The van der Waals surface area contributed by atoms with Gasteiger partial charge in [-0.25, -0.2) is 4.79 Å². The first kappa shape index (κ1) is 19.9. The second-order valence-corrected chi connectivity index (χ2v) is 6.03. The largest absolute Gasteiger partial charge is 0.496 e. The summed E-state index contributed by atoms with van der Waals surface area (Å²) in [4.78, 5) is 25.1. The number of ketones is 1. The summed E-state index contributed by atoms with van der Waals surface area (Å²) >= 11 is 0. The fourth-order valence-electron chi connectivity index (χ4n) is 2.78. The van der Waals surface area contributed by atoms with Crippen molar-refractivity contribution in [3.8, 4) is 17.2 Å². The van der Waals surface area contributed by atoms with Crippen LogP contribution >= 0.6 is 0 Å². The molecule has 5 nitrogen and oxygen atoms in total. The van der Waals surface area contributed by atoms with Crippen molar-refractivity contribution in [1.29, 1.82) is 0 Å². The van der Waals surface area contributed by atoms with Crippen molar-refractivity contribution in [3.63, 3.8) is 0 Å². The van der Waals surface area contributed by atoms with Crippen molar-refractivity contribution in [2.75, 3.05) is 14.2 Å². The number of hydrogen-bond donors (Lipinski definition) is 0. The Bertz CT molecular complexity index is 1020. The molecule has 0 aromatic heterocycles. The summed E-state index contributed by atoms with van der Waals surface area (Å²) in [7, 11) is 2.94. The lowest BCUT2D eigenvalue weighted by Gasteiger charge is -2.13. The van der Waals surface area contributed by atoms with E-state index in [9.17, 15) is 9.59 Å². The zero-order valence-electron chi connectivity index (χ0n) is 16.1. The van der Waals surface area contributed by atoms with Crippen molar-refractivity contribution in [2.45, 2.75) is 0 Å². The van der Waals surface area contributed by atoms with Crippen LogP contribution in [0.4, 0.5) is 0 Å². The van der Waals surface area contributed by atoms with E-state index in [0.29, 0.717) is 28.4 Å². The molecule has 0 saturated carbocycles. The quantitative estimate of drug-likeness (QED) is 0.251. The molecule has 0 bridgehead atoms. The first-order valence-electron chi connectivity index (χ1n) is 8.93. The highest BCUT2D eigenvalue weighted by atomic mass is 16.5. The first-order chi connectivity index (χ1) is 14.1. The number of allylic oxidation sites excluding steroid dienone is 1. The minimum atomic E-state index is -0.616.